The summed E-state index contributed by atoms with van der Waals surface area (Å²) in [6.45, 7) is 6.11. The van der Waals surface area contributed by atoms with E-state index < -0.39 is 10.2 Å². The lowest BCUT2D eigenvalue weighted by Crippen LogP contribution is -2.40. The van der Waals surface area contributed by atoms with E-state index in [0.717, 1.165) is 25.1 Å². The number of benzene rings is 1. The fourth-order valence-corrected chi connectivity index (χ4v) is 2.98. The lowest BCUT2D eigenvalue weighted by molar-refractivity contribution is 0.439. The fraction of sp³-hybridized carbons (Fsp3) is 0.571. The van der Waals surface area contributed by atoms with Gasteiger partial charge < -0.3 is 5.32 Å². The van der Waals surface area contributed by atoms with Crippen LogP contribution in [0.2, 0.25) is 0 Å². The van der Waals surface area contributed by atoms with Gasteiger partial charge >= 0.3 is 0 Å². The topological polar surface area (TPSA) is 61.4 Å². The summed E-state index contributed by atoms with van der Waals surface area (Å²) in [5.41, 5.74) is 0.956. The molecule has 5 nitrogen and oxygen atoms in total. The van der Waals surface area contributed by atoms with Gasteiger partial charge in [0.25, 0.3) is 10.2 Å². The van der Waals surface area contributed by atoms with Gasteiger partial charge in [0.2, 0.25) is 0 Å². The number of nitrogens with one attached hydrogen (secondary N) is 2. The molecule has 1 aromatic rings. The molecule has 114 valence electrons. The Morgan fingerprint density at radius 3 is 2.50 bits per heavy atom. The molecular weight excluding hydrogens is 274 g/mol. The normalized spacial score (nSPS) is 13.6. The van der Waals surface area contributed by atoms with Gasteiger partial charge in [0, 0.05) is 19.6 Å². The van der Waals surface area contributed by atoms with Crippen molar-refractivity contribution >= 4 is 10.2 Å². The van der Waals surface area contributed by atoms with Crippen molar-refractivity contribution in [3.63, 3.8) is 0 Å². The molecule has 0 spiro atoms. The van der Waals surface area contributed by atoms with Gasteiger partial charge in [-0.05, 0) is 32.0 Å². The summed E-state index contributed by atoms with van der Waals surface area (Å²) < 4.78 is 28.4. The highest BCUT2D eigenvalue weighted by Crippen LogP contribution is 2.13. The maximum absolute atomic E-state index is 12.2. The first kappa shape index (κ1) is 17.1. The summed E-state index contributed by atoms with van der Waals surface area (Å²) in [5.74, 6) is 0. The second kappa shape index (κ2) is 8.36. The molecule has 0 aromatic heterocycles. The minimum atomic E-state index is -3.44. The van der Waals surface area contributed by atoms with Gasteiger partial charge in [-0.1, -0.05) is 37.3 Å². The van der Waals surface area contributed by atoms with E-state index in [1.54, 1.807) is 7.05 Å². The molecule has 0 saturated heterocycles. The molecule has 0 aliphatic carbocycles. The minimum absolute atomic E-state index is 0.239. The Kier molecular flexibility index (Phi) is 7.15. The smallest absolute Gasteiger partial charge is 0.279 e. The van der Waals surface area contributed by atoms with Crippen LogP contribution < -0.4 is 10.0 Å². The molecule has 0 aliphatic rings. The number of rotatable bonds is 9. The summed E-state index contributed by atoms with van der Waals surface area (Å²) in [4.78, 5) is 0. The molecule has 0 bridgehead atoms. The minimum Gasteiger partial charge on any atom is -0.317 e. The van der Waals surface area contributed by atoms with Gasteiger partial charge in [0.1, 0.15) is 0 Å². The molecule has 0 heterocycles. The van der Waals surface area contributed by atoms with Gasteiger partial charge in [0.05, 0.1) is 0 Å². The van der Waals surface area contributed by atoms with Crippen LogP contribution in [0.1, 0.15) is 31.9 Å². The predicted octanol–water partition coefficient (Wildman–Crippen LogP) is 1.51. The Morgan fingerprint density at radius 2 is 1.90 bits per heavy atom. The van der Waals surface area contributed by atoms with Crippen molar-refractivity contribution < 1.29 is 8.42 Å². The van der Waals surface area contributed by atoms with E-state index >= 15 is 0 Å². The molecule has 1 atom stereocenters. The summed E-state index contributed by atoms with van der Waals surface area (Å²) in [6.07, 6.45) is 0.797. The van der Waals surface area contributed by atoms with Crippen molar-refractivity contribution in [2.24, 2.45) is 0 Å². The zero-order chi connectivity index (χ0) is 15.0. The van der Waals surface area contributed by atoms with Crippen LogP contribution in [0.4, 0.5) is 0 Å². The van der Waals surface area contributed by atoms with Gasteiger partial charge in [-0.2, -0.15) is 17.4 Å². The van der Waals surface area contributed by atoms with Crippen LogP contribution in [0.5, 0.6) is 0 Å². The maximum Gasteiger partial charge on any atom is 0.279 e. The molecular formula is C14H25N3O2S. The molecule has 0 amide bonds. The lowest BCUT2D eigenvalue weighted by Gasteiger charge is -2.21. The SMILES string of the molecule is CCNCCCN(C)S(=O)(=O)NC(C)c1ccccc1. The molecule has 6 heteroatoms. The first-order chi connectivity index (χ1) is 9.47. The van der Waals surface area contributed by atoms with Crippen molar-refractivity contribution in [1.82, 2.24) is 14.3 Å². The van der Waals surface area contributed by atoms with E-state index in [1.165, 1.54) is 4.31 Å². The molecule has 1 rings (SSSR count). The zero-order valence-electron chi connectivity index (χ0n) is 12.5. The highest BCUT2D eigenvalue weighted by Gasteiger charge is 2.20. The zero-order valence-corrected chi connectivity index (χ0v) is 13.3. The van der Waals surface area contributed by atoms with Crippen molar-refractivity contribution in [3.05, 3.63) is 35.9 Å². The largest absolute Gasteiger partial charge is 0.317 e. The molecule has 0 aliphatic heterocycles. The Bertz CT molecular complexity index is 476. The molecule has 1 unspecified atom stereocenters. The third-order valence-electron chi connectivity index (χ3n) is 3.11. The van der Waals surface area contributed by atoms with Gasteiger partial charge in [-0.25, -0.2) is 0 Å². The average Bonchev–Trinajstić information content (AvgIpc) is 2.43. The van der Waals surface area contributed by atoms with Crippen molar-refractivity contribution in [2.75, 3.05) is 26.7 Å². The fourth-order valence-electron chi connectivity index (χ4n) is 1.85. The second-order valence-corrected chi connectivity index (χ2v) is 6.59. The maximum atomic E-state index is 12.2. The van der Waals surface area contributed by atoms with E-state index in [4.69, 9.17) is 0 Å². The number of hydrogen-bond donors (Lipinski definition) is 2. The highest BCUT2D eigenvalue weighted by atomic mass is 32.2. The van der Waals surface area contributed by atoms with Crippen LogP contribution in [0.3, 0.4) is 0 Å². The Labute approximate surface area is 122 Å². The van der Waals surface area contributed by atoms with Crippen molar-refractivity contribution in [3.8, 4) is 0 Å². The highest BCUT2D eigenvalue weighted by molar-refractivity contribution is 7.87. The van der Waals surface area contributed by atoms with E-state index in [-0.39, 0.29) is 6.04 Å². The molecule has 1 aromatic carbocycles. The summed E-state index contributed by atoms with van der Waals surface area (Å²) in [6, 6.07) is 9.31. The molecule has 0 saturated carbocycles. The van der Waals surface area contributed by atoms with Crippen LogP contribution in [0.25, 0.3) is 0 Å². The summed E-state index contributed by atoms with van der Waals surface area (Å²) in [5, 5.41) is 3.18. The van der Waals surface area contributed by atoms with Crippen molar-refractivity contribution in [2.45, 2.75) is 26.3 Å². The number of hydrogen-bond acceptors (Lipinski definition) is 3. The number of nitrogens with zero attached hydrogens (tertiary/aromatic N) is 1. The first-order valence-corrected chi connectivity index (χ1v) is 8.40. The third-order valence-corrected chi connectivity index (χ3v) is 4.77. The van der Waals surface area contributed by atoms with Crippen LogP contribution in [-0.4, -0.2) is 39.4 Å². The Hall–Kier alpha value is -0.950. The third kappa shape index (κ3) is 5.58. The van der Waals surface area contributed by atoms with E-state index in [9.17, 15) is 8.42 Å². The van der Waals surface area contributed by atoms with Gasteiger partial charge in [-0.15, -0.1) is 0 Å². The van der Waals surface area contributed by atoms with E-state index in [1.807, 2.05) is 44.2 Å². The van der Waals surface area contributed by atoms with Gasteiger partial charge in [0.15, 0.2) is 0 Å². The van der Waals surface area contributed by atoms with Crippen LogP contribution in [0.15, 0.2) is 30.3 Å². The van der Waals surface area contributed by atoms with Gasteiger partial charge in [-0.3, -0.25) is 0 Å². The van der Waals surface area contributed by atoms with Crippen LogP contribution in [0, 0.1) is 0 Å². The summed E-state index contributed by atoms with van der Waals surface area (Å²) in [7, 11) is -1.84. The average molecular weight is 299 g/mol. The van der Waals surface area contributed by atoms with Crippen LogP contribution in [-0.2, 0) is 10.2 Å². The molecule has 2 N–H and O–H groups in total. The van der Waals surface area contributed by atoms with Crippen LogP contribution >= 0.6 is 0 Å². The molecule has 20 heavy (non-hydrogen) atoms. The van der Waals surface area contributed by atoms with E-state index in [2.05, 4.69) is 10.0 Å². The molecule has 0 radical (unpaired) electrons. The predicted molar refractivity (Wildman–Crippen MR) is 82.7 cm³/mol. The first-order valence-electron chi connectivity index (χ1n) is 6.96. The summed E-state index contributed by atoms with van der Waals surface area (Å²) >= 11 is 0. The second-order valence-electron chi connectivity index (χ2n) is 4.78. The quantitative estimate of drug-likeness (QED) is 0.680. The lowest BCUT2D eigenvalue weighted by atomic mass is 10.1. The molecule has 0 fully saturated rings. The van der Waals surface area contributed by atoms with E-state index in [0.29, 0.717) is 6.54 Å². The standard InChI is InChI=1S/C14H25N3O2S/c1-4-15-11-8-12-17(3)20(18,19)16-13(2)14-9-6-5-7-10-14/h5-7,9-10,13,15-16H,4,8,11-12H2,1-3H3. The monoisotopic (exact) mass is 299 g/mol. The Morgan fingerprint density at radius 1 is 1.25 bits per heavy atom. The van der Waals surface area contributed by atoms with Crippen molar-refractivity contribution in [1.29, 1.82) is 0 Å². The Balaban J connectivity index is 2.51.